The smallest absolute Gasteiger partial charge is 0.307 e. The second-order valence-corrected chi connectivity index (χ2v) is 7.26. The summed E-state index contributed by atoms with van der Waals surface area (Å²) in [5, 5.41) is 8.86. The first-order valence-corrected chi connectivity index (χ1v) is 10.3. The summed E-state index contributed by atoms with van der Waals surface area (Å²) in [5.74, 6) is 0.329. The molecule has 1 fully saturated rings. The van der Waals surface area contributed by atoms with Crippen molar-refractivity contribution in [3.8, 4) is 11.8 Å². The first kappa shape index (κ1) is 22.3. The molecular formula is C24H26N2O5. The molecule has 1 amide bonds. The zero-order valence-electron chi connectivity index (χ0n) is 17.6. The lowest BCUT2D eigenvalue weighted by molar-refractivity contribution is -0.150. The van der Waals surface area contributed by atoms with E-state index in [1.807, 2.05) is 36.4 Å². The second kappa shape index (κ2) is 11.1. The van der Waals surface area contributed by atoms with Crippen LogP contribution >= 0.6 is 0 Å². The van der Waals surface area contributed by atoms with E-state index in [1.165, 1.54) is 0 Å². The van der Waals surface area contributed by atoms with E-state index in [0.29, 0.717) is 38.3 Å². The van der Waals surface area contributed by atoms with E-state index in [4.69, 9.17) is 19.5 Å². The Morgan fingerprint density at radius 2 is 1.87 bits per heavy atom. The lowest BCUT2D eigenvalue weighted by atomic mass is 10.0. The summed E-state index contributed by atoms with van der Waals surface area (Å²) in [7, 11) is 0. The third-order valence-corrected chi connectivity index (χ3v) is 5.04. The Morgan fingerprint density at radius 1 is 1.16 bits per heavy atom. The van der Waals surface area contributed by atoms with Crippen LogP contribution in [0.3, 0.4) is 0 Å². The summed E-state index contributed by atoms with van der Waals surface area (Å²) >= 11 is 0. The highest BCUT2D eigenvalue weighted by Crippen LogP contribution is 2.19. The summed E-state index contributed by atoms with van der Waals surface area (Å²) in [6.07, 6.45) is 0.808. The summed E-state index contributed by atoms with van der Waals surface area (Å²) in [6, 6.07) is 17.0. The van der Waals surface area contributed by atoms with Crippen LogP contribution in [0.2, 0.25) is 0 Å². The number of hydrogen-bond donors (Lipinski definition) is 0. The van der Waals surface area contributed by atoms with Crippen molar-refractivity contribution < 1.29 is 23.8 Å². The van der Waals surface area contributed by atoms with Gasteiger partial charge in [0, 0.05) is 6.54 Å². The number of carbonyl (C=O) groups excluding carboxylic acids is 2. The number of morpholine rings is 1. The number of benzene rings is 2. The molecule has 7 nitrogen and oxygen atoms in total. The van der Waals surface area contributed by atoms with Crippen molar-refractivity contribution in [2.75, 3.05) is 26.4 Å². The lowest BCUT2D eigenvalue weighted by Crippen LogP contribution is -2.51. The molecule has 1 aliphatic rings. The number of nitrogens with zero attached hydrogens (tertiary/aromatic N) is 2. The molecule has 31 heavy (non-hydrogen) atoms. The molecule has 7 heteroatoms. The molecule has 0 aliphatic carbocycles. The Labute approximate surface area is 182 Å². The molecule has 1 heterocycles. The van der Waals surface area contributed by atoms with Gasteiger partial charge in [0.15, 0.2) is 0 Å². The number of amides is 1. The predicted octanol–water partition coefficient (Wildman–Crippen LogP) is 2.86. The molecule has 0 spiro atoms. The second-order valence-electron chi connectivity index (χ2n) is 7.26. The molecule has 0 bridgehead atoms. The molecule has 1 atom stereocenters. The molecule has 2 aromatic rings. The Balaban J connectivity index is 1.54. The monoisotopic (exact) mass is 422 g/mol. The number of esters is 1. The average Bonchev–Trinajstić information content (AvgIpc) is 2.79. The van der Waals surface area contributed by atoms with Crippen molar-refractivity contribution in [1.29, 1.82) is 5.26 Å². The molecular weight excluding hydrogens is 396 g/mol. The maximum Gasteiger partial charge on any atom is 0.307 e. The van der Waals surface area contributed by atoms with Gasteiger partial charge in [-0.1, -0.05) is 24.3 Å². The van der Waals surface area contributed by atoms with Gasteiger partial charge in [-0.2, -0.15) is 5.26 Å². The Hall–Kier alpha value is -3.37. The fourth-order valence-electron chi connectivity index (χ4n) is 3.42. The Bertz CT molecular complexity index is 918. The van der Waals surface area contributed by atoms with Crippen LogP contribution in [0.15, 0.2) is 48.5 Å². The number of carbonyl (C=O) groups is 2. The van der Waals surface area contributed by atoms with E-state index in [9.17, 15) is 9.59 Å². The third kappa shape index (κ3) is 6.56. The molecule has 0 aromatic heterocycles. The maximum absolute atomic E-state index is 12.3. The Kier molecular flexibility index (Phi) is 8.02. The van der Waals surface area contributed by atoms with Crippen LogP contribution in [0.1, 0.15) is 30.0 Å². The third-order valence-electron chi connectivity index (χ3n) is 5.04. The van der Waals surface area contributed by atoms with E-state index < -0.39 is 0 Å². The van der Waals surface area contributed by atoms with Crippen LogP contribution in [-0.2, 0) is 32.1 Å². The molecule has 1 aliphatic heterocycles. The zero-order valence-corrected chi connectivity index (χ0v) is 17.6. The molecule has 0 unspecified atom stereocenters. The van der Waals surface area contributed by atoms with E-state index in [1.54, 1.807) is 24.0 Å². The molecule has 0 saturated carbocycles. The first-order chi connectivity index (χ1) is 15.1. The van der Waals surface area contributed by atoms with E-state index >= 15 is 0 Å². The van der Waals surface area contributed by atoms with Crippen LogP contribution in [-0.4, -0.2) is 49.2 Å². The van der Waals surface area contributed by atoms with Gasteiger partial charge in [0.2, 0.25) is 5.91 Å². The minimum absolute atomic E-state index is 0.0431. The van der Waals surface area contributed by atoms with E-state index in [-0.39, 0.29) is 30.9 Å². The topological polar surface area (TPSA) is 88.9 Å². The van der Waals surface area contributed by atoms with Crippen LogP contribution < -0.4 is 4.74 Å². The molecule has 0 radical (unpaired) electrons. The SMILES string of the molecule is CCOC(=O)CCN1C(=O)COC[C@@H]1Cc1ccc(OCc2ccc(C#N)cc2)cc1. The summed E-state index contributed by atoms with van der Waals surface area (Å²) in [6.45, 7) is 3.32. The minimum atomic E-state index is -0.302. The van der Waals surface area contributed by atoms with Crippen molar-refractivity contribution in [3.63, 3.8) is 0 Å². The molecule has 2 aromatic carbocycles. The van der Waals surface area contributed by atoms with Gasteiger partial charge in [0.25, 0.3) is 0 Å². The van der Waals surface area contributed by atoms with Crippen LogP contribution in [0, 0.1) is 11.3 Å². The zero-order chi connectivity index (χ0) is 22.1. The highest BCUT2D eigenvalue weighted by Gasteiger charge is 2.29. The first-order valence-electron chi connectivity index (χ1n) is 10.3. The van der Waals surface area contributed by atoms with Crippen molar-refractivity contribution in [1.82, 2.24) is 4.90 Å². The van der Waals surface area contributed by atoms with Crippen molar-refractivity contribution in [3.05, 3.63) is 65.2 Å². The normalized spacial score (nSPS) is 15.9. The summed E-state index contributed by atoms with van der Waals surface area (Å²) in [4.78, 5) is 25.7. The molecule has 162 valence electrons. The average molecular weight is 422 g/mol. The highest BCUT2D eigenvalue weighted by molar-refractivity contribution is 5.79. The quantitative estimate of drug-likeness (QED) is 0.578. The number of nitriles is 1. The molecule has 3 rings (SSSR count). The van der Waals surface area contributed by atoms with Crippen LogP contribution in [0.25, 0.3) is 0 Å². The lowest BCUT2D eigenvalue weighted by Gasteiger charge is -2.35. The van der Waals surface area contributed by atoms with Crippen LogP contribution in [0.5, 0.6) is 5.75 Å². The van der Waals surface area contributed by atoms with Gasteiger partial charge in [-0.25, -0.2) is 0 Å². The van der Waals surface area contributed by atoms with E-state index in [0.717, 1.165) is 16.9 Å². The fraction of sp³-hybridized carbons (Fsp3) is 0.375. The van der Waals surface area contributed by atoms with Gasteiger partial charge in [-0.15, -0.1) is 0 Å². The van der Waals surface area contributed by atoms with Crippen molar-refractivity contribution in [2.45, 2.75) is 32.4 Å². The summed E-state index contributed by atoms with van der Waals surface area (Å²) in [5.41, 5.74) is 2.66. The molecule has 0 N–H and O–H groups in total. The molecule has 1 saturated heterocycles. The largest absolute Gasteiger partial charge is 0.489 e. The van der Waals surface area contributed by atoms with Gasteiger partial charge < -0.3 is 19.1 Å². The van der Waals surface area contributed by atoms with Gasteiger partial charge >= 0.3 is 5.97 Å². The maximum atomic E-state index is 12.3. The minimum Gasteiger partial charge on any atom is -0.489 e. The number of hydrogen-bond acceptors (Lipinski definition) is 6. The predicted molar refractivity (Wildman–Crippen MR) is 113 cm³/mol. The van der Waals surface area contributed by atoms with Crippen LogP contribution in [0.4, 0.5) is 0 Å². The standard InChI is InChI=1S/C24H26N2O5/c1-2-30-24(28)11-12-26-21(16-29-17-23(26)27)13-18-7-9-22(10-8-18)31-15-20-5-3-19(14-25)4-6-20/h3-10,21H,2,11-13,15-17H2,1H3/t21-/m0/s1. The van der Waals surface area contributed by atoms with Crippen molar-refractivity contribution >= 4 is 11.9 Å². The fourth-order valence-corrected chi connectivity index (χ4v) is 3.42. The highest BCUT2D eigenvalue weighted by atomic mass is 16.5. The van der Waals surface area contributed by atoms with Gasteiger partial charge in [0.1, 0.15) is 19.0 Å². The Morgan fingerprint density at radius 3 is 2.55 bits per heavy atom. The number of ether oxygens (including phenoxy) is 3. The van der Waals surface area contributed by atoms with Crippen molar-refractivity contribution in [2.24, 2.45) is 0 Å². The van der Waals surface area contributed by atoms with E-state index in [2.05, 4.69) is 6.07 Å². The summed E-state index contributed by atoms with van der Waals surface area (Å²) < 4.78 is 16.2. The van der Waals surface area contributed by atoms with Gasteiger partial charge in [0.05, 0.1) is 37.3 Å². The van der Waals surface area contributed by atoms with Gasteiger partial charge in [-0.05, 0) is 48.7 Å². The van der Waals surface area contributed by atoms with Gasteiger partial charge in [-0.3, -0.25) is 9.59 Å². The number of rotatable bonds is 9.